The number of rotatable bonds is 2. The summed E-state index contributed by atoms with van der Waals surface area (Å²) in [6.07, 6.45) is 3.55. The Labute approximate surface area is 102 Å². The summed E-state index contributed by atoms with van der Waals surface area (Å²) in [4.78, 5) is 2.54. The van der Waals surface area contributed by atoms with Gasteiger partial charge < -0.3 is 0 Å². The quantitative estimate of drug-likeness (QED) is 0.754. The highest BCUT2D eigenvalue weighted by Gasteiger charge is 2.39. The van der Waals surface area contributed by atoms with Crippen LogP contribution < -0.4 is 0 Å². The predicted molar refractivity (Wildman–Crippen MR) is 68.1 cm³/mol. The molecule has 1 aromatic rings. The maximum atomic E-state index is 13.2. The molecule has 0 radical (unpaired) electrons. The van der Waals surface area contributed by atoms with Crippen LogP contribution in [-0.4, -0.2) is 23.5 Å². The number of benzene rings is 1. The first kappa shape index (κ1) is 11.0. The summed E-state index contributed by atoms with van der Waals surface area (Å²) < 4.78 is 13.2. The lowest BCUT2D eigenvalue weighted by molar-refractivity contribution is 0.227. The lowest BCUT2D eigenvalue weighted by atomic mass is 9.95. The van der Waals surface area contributed by atoms with E-state index in [0.717, 1.165) is 12.1 Å². The van der Waals surface area contributed by atoms with Crippen molar-refractivity contribution in [2.24, 2.45) is 5.92 Å². The monoisotopic (exact) mass is 231 g/mol. The van der Waals surface area contributed by atoms with Crippen LogP contribution in [0.2, 0.25) is 0 Å². The Bertz CT molecular complexity index is 464. The van der Waals surface area contributed by atoms with Gasteiger partial charge in [-0.2, -0.15) is 0 Å². The fraction of sp³-hybridized carbons (Fsp3) is 0.467. The van der Waals surface area contributed by atoms with Crippen molar-refractivity contribution >= 4 is 5.57 Å². The van der Waals surface area contributed by atoms with Crippen molar-refractivity contribution in [1.82, 2.24) is 4.90 Å². The zero-order valence-electron chi connectivity index (χ0n) is 10.4. The van der Waals surface area contributed by atoms with Gasteiger partial charge in [0.1, 0.15) is 5.82 Å². The molecule has 0 unspecified atom stereocenters. The maximum Gasteiger partial charge on any atom is 0.123 e. The Kier molecular flexibility index (Phi) is 2.55. The van der Waals surface area contributed by atoms with Crippen LogP contribution in [0.1, 0.15) is 25.8 Å². The summed E-state index contributed by atoms with van der Waals surface area (Å²) >= 11 is 0. The van der Waals surface area contributed by atoms with Crippen LogP contribution in [0, 0.1) is 11.7 Å². The summed E-state index contributed by atoms with van der Waals surface area (Å²) in [5, 5.41) is 0. The number of likely N-dealkylation sites (tertiary alicyclic amines) is 1. The van der Waals surface area contributed by atoms with E-state index in [1.807, 2.05) is 6.07 Å². The van der Waals surface area contributed by atoms with Gasteiger partial charge in [0.2, 0.25) is 0 Å². The van der Waals surface area contributed by atoms with Gasteiger partial charge in [0, 0.05) is 18.6 Å². The minimum atomic E-state index is -0.133. The van der Waals surface area contributed by atoms with Crippen LogP contribution in [0.15, 0.2) is 30.3 Å². The summed E-state index contributed by atoms with van der Waals surface area (Å²) in [5.41, 5.74) is 2.42. The van der Waals surface area contributed by atoms with Gasteiger partial charge in [-0.3, -0.25) is 4.90 Å². The Morgan fingerprint density at radius 1 is 1.35 bits per heavy atom. The SMILES string of the molecule is CC(C)N1C[C@H]2C[C@@H]1C=C2c1cccc(F)c1. The largest absolute Gasteiger partial charge is 0.294 e. The first-order valence-corrected chi connectivity index (χ1v) is 6.38. The topological polar surface area (TPSA) is 3.24 Å². The minimum Gasteiger partial charge on any atom is -0.294 e. The second-order valence-corrected chi connectivity index (χ2v) is 5.42. The minimum absolute atomic E-state index is 0.133. The van der Waals surface area contributed by atoms with Crippen molar-refractivity contribution in [3.8, 4) is 0 Å². The third-order valence-electron chi connectivity index (χ3n) is 4.02. The predicted octanol–water partition coefficient (Wildman–Crippen LogP) is 3.32. The first-order valence-electron chi connectivity index (χ1n) is 6.38. The zero-order chi connectivity index (χ0) is 12.0. The highest BCUT2D eigenvalue weighted by Crippen LogP contribution is 2.42. The van der Waals surface area contributed by atoms with Crippen LogP contribution >= 0.6 is 0 Å². The molecule has 90 valence electrons. The van der Waals surface area contributed by atoms with Crippen molar-refractivity contribution in [1.29, 1.82) is 0 Å². The maximum absolute atomic E-state index is 13.2. The molecule has 2 heteroatoms. The molecule has 3 rings (SSSR count). The molecule has 1 heterocycles. The Balaban J connectivity index is 1.89. The molecule has 1 aliphatic carbocycles. The molecule has 0 N–H and O–H groups in total. The van der Waals surface area contributed by atoms with E-state index in [1.165, 1.54) is 18.1 Å². The van der Waals surface area contributed by atoms with E-state index < -0.39 is 0 Å². The Morgan fingerprint density at radius 2 is 2.18 bits per heavy atom. The summed E-state index contributed by atoms with van der Waals surface area (Å²) in [5.74, 6) is 0.469. The average Bonchev–Trinajstić information content (AvgIpc) is 2.87. The molecule has 0 saturated carbocycles. The highest BCUT2D eigenvalue weighted by molar-refractivity contribution is 5.71. The number of fused-ring (bicyclic) bond motifs is 2. The lowest BCUT2D eigenvalue weighted by Crippen LogP contribution is -2.36. The van der Waals surface area contributed by atoms with Crippen molar-refractivity contribution in [2.45, 2.75) is 32.4 Å². The van der Waals surface area contributed by atoms with Gasteiger partial charge in [-0.15, -0.1) is 0 Å². The van der Waals surface area contributed by atoms with E-state index in [9.17, 15) is 4.39 Å². The van der Waals surface area contributed by atoms with Crippen LogP contribution in [0.3, 0.4) is 0 Å². The van der Waals surface area contributed by atoms with Crippen LogP contribution in [0.4, 0.5) is 4.39 Å². The fourth-order valence-electron chi connectivity index (χ4n) is 3.22. The molecular weight excluding hydrogens is 213 g/mol. The van der Waals surface area contributed by atoms with Gasteiger partial charge in [0.25, 0.3) is 0 Å². The van der Waals surface area contributed by atoms with Gasteiger partial charge in [-0.1, -0.05) is 18.2 Å². The van der Waals surface area contributed by atoms with Crippen LogP contribution in [0.5, 0.6) is 0 Å². The standard InChI is InChI=1S/C15H18FN/c1-10(2)17-9-12-7-14(17)8-15(12)11-4-3-5-13(16)6-11/h3-6,8,10,12,14H,7,9H2,1-2H3/t12-,14-/m1/s1. The van der Waals surface area contributed by atoms with E-state index >= 15 is 0 Å². The molecule has 0 spiro atoms. The van der Waals surface area contributed by atoms with Crippen LogP contribution in [-0.2, 0) is 0 Å². The first-order chi connectivity index (χ1) is 8.15. The van der Waals surface area contributed by atoms with Gasteiger partial charge in [-0.05, 0) is 49.5 Å². The van der Waals surface area contributed by atoms with E-state index in [2.05, 4.69) is 24.8 Å². The van der Waals surface area contributed by atoms with E-state index in [1.54, 1.807) is 12.1 Å². The van der Waals surface area contributed by atoms with Gasteiger partial charge in [0.05, 0.1) is 0 Å². The summed E-state index contributed by atoms with van der Waals surface area (Å²) in [7, 11) is 0. The second-order valence-electron chi connectivity index (χ2n) is 5.42. The molecule has 1 nitrogen and oxygen atoms in total. The van der Waals surface area contributed by atoms with Gasteiger partial charge >= 0.3 is 0 Å². The summed E-state index contributed by atoms with van der Waals surface area (Å²) in [6, 6.07) is 8.17. The third kappa shape index (κ3) is 1.81. The Hall–Kier alpha value is -1.15. The molecule has 1 aliphatic heterocycles. The number of hydrogen-bond acceptors (Lipinski definition) is 1. The van der Waals surface area contributed by atoms with Crippen molar-refractivity contribution in [2.75, 3.05) is 6.54 Å². The highest BCUT2D eigenvalue weighted by atomic mass is 19.1. The molecule has 1 fully saturated rings. The third-order valence-corrected chi connectivity index (χ3v) is 4.02. The average molecular weight is 231 g/mol. The van der Waals surface area contributed by atoms with Crippen molar-refractivity contribution < 1.29 is 4.39 Å². The molecular formula is C15H18FN. The molecule has 1 aromatic carbocycles. The molecule has 0 amide bonds. The molecule has 0 aromatic heterocycles. The number of halogens is 1. The molecule has 2 bridgehead atoms. The fourth-order valence-corrected chi connectivity index (χ4v) is 3.22. The van der Waals surface area contributed by atoms with Crippen LogP contribution in [0.25, 0.3) is 5.57 Å². The molecule has 2 atom stereocenters. The number of hydrogen-bond donors (Lipinski definition) is 0. The van der Waals surface area contributed by atoms with E-state index in [0.29, 0.717) is 18.0 Å². The summed E-state index contributed by atoms with van der Waals surface area (Å²) in [6.45, 7) is 5.62. The number of nitrogens with zero attached hydrogens (tertiary/aromatic N) is 1. The van der Waals surface area contributed by atoms with Crippen molar-refractivity contribution in [3.05, 3.63) is 41.7 Å². The Morgan fingerprint density at radius 3 is 2.76 bits per heavy atom. The van der Waals surface area contributed by atoms with E-state index in [-0.39, 0.29) is 5.82 Å². The smallest absolute Gasteiger partial charge is 0.123 e. The van der Waals surface area contributed by atoms with Crippen molar-refractivity contribution in [3.63, 3.8) is 0 Å². The molecule has 17 heavy (non-hydrogen) atoms. The van der Waals surface area contributed by atoms with E-state index in [4.69, 9.17) is 0 Å². The lowest BCUT2D eigenvalue weighted by Gasteiger charge is -2.29. The second kappa shape index (κ2) is 3.95. The molecule has 2 aliphatic rings. The van der Waals surface area contributed by atoms with Gasteiger partial charge in [-0.25, -0.2) is 4.39 Å². The van der Waals surface area contributed by atoms with Gasteiger partial charge in [0.15, 0.2) is 0 Å². The zero-order valence-corrected chi connectivity index (χ0v) is 10.4. The normalized spacial score (nSPS) is 27.9. The molecule has 1 saturated heterocycles.